The Kier molecular flexibility index (Phi) is 2.65. The predicted molar refractivity (Wildman–Crippen MR) is 42.7 cm³/mol. The molecule has 0 amide bonds. The van der Waals surface area contributed by atoms with E-state index in [1.165, 1.54) is 6.07 Å². The van der Waals surface area contributed by atoms with E-state index in [1.807, 2.05) is 0 Å². The fourth-order valence-electron chi connectivity index (χ4n) is 0.999. The zero-order valence-corrected chi connectivity index (χ0v) is 7.22. The fraction of sp³-hybridized carbons (Fsp3) is 0.222. The van der Waals surface area contributed by atoms with Crippen LogP contribution in [0.1, 0.15) is 11.1 Å². The first-order valence-corrected chi connectivity index (χ1v) is 3.64. The fourth-order valence-corrected chi connectivity index (χ4v) is 0.999. The molecule has 1 rings (SSSR count). The third-order valence-corrected chi connectivity index (χ3v) is 1.63. The highest BCUT2D eigenvalue weighted by Crippen LogP contribution is 2.36. The molecule has 0 saturated heterocycles. The summed E-state index contributed by atoms with van der Waals surface area (Å²) in [6.07, 6.45) is -4.50. The predicted octanol–water partition coefficient (Wildman–Crippen LogP) is 2.59. The van der Waals surface area contributed by atoms with Crippen molar-refractivity contribution >= 4 is 0 Å². The van der Waals surface area contributed by atoms with Crippen molar-refractivity contribution in [3.05, 3.63) is 29.3 Å². The number of nitrogens with zero attached hydrogens (tertiary/aromatic N) is 1. The van der Waals surface area contributed by atoms with Crippen molar-refractivity contribution in [1.29, 1.82) is 5.26 Å². The molecule has 0 aliphatic heterocycles. The SMILES string of the molecule is COc1ccc(C#N)cc1C(F)(F)F. The second-order valence-electron chi connectivity index (χ2n) is 2.52. The number of alkyl halides is 3. The lowest BCUT2D eigenvalue weighted by Crippen LogP contribution is -2.07. The number of ether oxygens (including phenoxy) is 1. The van der Waals surface area contributed by atoms with E-state index in [9.17, 15) is 13.2 Å². The Morgan fingerprint density at radius 3 is 2.43 bits per heavy atom. The highest BCUT2D eigenvalue weighted by molar-refractivity contribution is 5.43. The van der Waals surface area contributed by atoms with Crippen LogP contribution in [0.5, 0.6) is 5.75 Å². The number of benzene rings is 1. The van der Waals surface area contributed by atoms with Gasteiger partial charge in [-0.2, -0.15) is 18.4 Å². The Labute approximate surface area is 78.5 Å². The molecule has 2 nitrogen and oxygen atoms in total. The van der Waals surface area contributed by atoms with Crippen LogP contribution in [0, 0.1) is 11.3 Å². The molecule has 0 spiro atoms. The van der Waals surface area contributed by atoms with Gasteiger partial charge < -0.3 is 4.74 Å². The molecule has 0 aliphatic carbocycles. The van der Waals surface area contributed by atoms with E-state index in [0.29, 0.717) is 0 Å². The van der Waals surface area contributed by atoms with Crippen LogP contribution in [-0.2, 0) is 6.18 Å². The van der Waals surface area contributed by atoms with Gasteiger partial charge in [-0.05, 0) is 18.2 Å². The summed E-state index contributed by atoms with van der Waals surface area (Å²) in [6, 6.07) is 4.80. The zero-order valence-electron chi connectivity index (χ0n) is 7.22. The summed E-state index contributed by atoms with van der Waals surface area (Å²) in [5.74, 6) is -0.281. The molecular formula is C9H6F3NO. The van der Waals surface area contributed by atoms with Gasteiger partial charge in [0.1, 0.15) is 5.75 Å². The molecule has 5 heteroatoms. The maximum atomic E-state index is 12.4. The van der Waals surface area contributed by atoms with E-state index >= 15 is 0 Å². The van der Waals surface area contributed by atoms with Gasteiger partial charge in [0, 0.05) is 0 Å². The Hall–Kier alpha value is -1.70. The molecule has 0 unspecified atom stereocenters. The molecule has 0 N–H and O–H groups in total. The molecule has 0 heterocycles. The molecule has 0 radical (unpaired) electrons. The van der Waals surface area contributed by atoms with Crippen molar-refractivity contribution in [3.8, 4) is 11.8 Å². The van der Waals surface area contributed by atoms with E-state index in [-0.39, 0.29) is 11.3 Å². The van der Waals surface area contributed by atoms with Crippen molar-refractivity contribution in [1.82, 2.24) is 0 Å². The van der Waals surface area contributed by atoms with Gasteiger partial charge in [0.2, 0.25) is 0 Å². The molecule has 74 valence electrons. The number of nitriles is 1. The Bertz CT molecular complexity index is 379. The van der Waals surface area contributed by atoms with E-state index in [1.54, 1.807) is 6.07 Å². The number of rotatable bonds is 1. The number of halogens is 3. The van der Waals surface area contributed by atoms with Gasteiger partial charge in [-0.25, -0.2) is 0 Å². The number of methoxy groups -OCH3 is 1. The van der Waals surface area contributed by atoms with Crippen LogP contribution in [0.2, 0.25) is 0 Å². The minimum atomic E-state index is -4.50. The molecule has 0 bridgehead atoms. The van der Waals surface area contributed by atoms with Crippen LogP contribution in [0.3, 0.4) is 0 Å². The van der Waals surface area contributed by atoms with Gasteiger partial charge in [0.25, 0.3) is 0 Å². The standard InChI is InChI=1S/C9H6F3NO/c1-14-8-3-2-6(5-13)4-7(8)9(10,11)12/h2-4H,1H3. The Morgan fingerprint density at radius 2 is 2.00 bits per heavy atom. The van der Waals surface area contributed by atoms with Gasteiger partial charge >= 0.3 is 6.18 Å². The van der Waals surface area contributed by atoms with Gasteiger partial charge in [-0.1, -0.05) is 0 Å². The van der Waals surface area contributed by atoms with Crippen molar-refractivity contribution < 1.29 is 17.9 Å². The first-order valence-electron chi connectivity index (χ1n) is 3.64. The van der Waals surface area contributed by atoms with Crippen molar-refractivity contribution in [2.45, 2.75) is 6.18 Å². The van der Waals surface area contributed by atoms with Gasteiger partial charge in [-0.15, -0.1) is 0 Å². The Balaban J connectivity index is 3.31. The summed E-state index contributed by atoms with van der Waals surface area (Å²) in [4.78, 5) is 0. The zero-order chi connectivity index (χ0) is 10.8. The first-order chi connectivity index (χ1) is 6.49. The minimum Gasteiger partial charge on any atom is -0.496 e. The lowest BCUT2D eigenvalue weighted by molar-refractivity contribution is -0.138. The van der Waals surface area contributed by atoms with Crippen LogP contribution < -0.4 is 4.74 Å². The minimum absolute atomic E-state index is 0.0434. The van der Waals surface area contributed by atoms with Crippen LogP contribution in [0.15, 0.2) is 18.2 Å². The molecule has 0 atom stereocenters. The molecule has 14 heavy (non-hydrogen) atoms. The third-order valence-electron chi connectivity index (χ3n) is 1.63. The molecule has 0 aromatic heterocycles. The smallest absolute Gasteiger partial charge is 0.420 e. The van der Waals surface area contributed by atoms with Crippen LogP contribution in [0.4, 0.5) is 13.2 Å². The van der Waals surface area contributed by atoms with Crippen LogP contribution >= 0.6 is 0 Å². The normalized spacial score (nSPS) is 10.8. The summed E-state index contributed by atoms with van der Waals surface area (Å²) in [7, 11) is 1.15. The van der Waals surface area contributed by atoms with Gasteiger partial charge in [-0.3, -0.25) is 0 Å². The maximum absolute atomic E-state index is 12.4. The topological polar surface area (TPSA) is 33.0 Å². The second kappa shape index (κ2) is 3.58. The highest BCUT2D eigenvalue weighted by atomic mass is 19.4. The van der Waals surface area contributed by atoms with Gasteiger partial charge in [0.15, 0.2) is 0 Å². The van der Waals surface area contributed by atoms with E-state index in [0.717, 1.165) is 19.2 Å². The molecule has 0 saturated carbocycles. The molecule has 0 aliphatic rings. The monoisotopic (exact) mass is 201 g/mol. The summed E-state index contributed by atoms with van der Waals surface area (Å²) in [6.45, 7) is 0. The lowest BCUT2D eigenvalue weighted by Gasteiger charge is -2.11. The highest BCUT2D eigenvalue weighted by Gasteiger charge is 2.34. The molecule has 1 aromatic rings. The lowest BCUT2D eigenvalue weighted by atomic mass is 10.1. The maximum Gasteiger partial charge on any atom is 0.420 e. The molecular weight excluding hydrogens is 195 g/mol. The van der Waals surface area contributed by atoms with Crippen molar-refractivity contribution in [3.63, 3.8) is 0 Å². The number of hydrogen-bond donors (Lipinski definition) is 0. The molecule has 0 fully saturated rings. The summed E-state index contributed by atoms with van der Waals surface area (Å²) in [5.41, 5.74) is -0.975. The summed E-state index contributed by atoms with van der Waals surface area (Å²) in [5, 5.41) is 8.43. The quantitative estimate of drug-likeness (QED) is 0.699. The Morgan fingerprint density at radius 1 is 1.36 bits per heavy atom. The number of hydrogen-bond acceptors (Lipinski definition) is 2. The van der Waals surface area contributed by atoms with Crippen molar-refractivity contribution in [2.75, 3.05) is 7.11 Å². The van der Waals surface area contributed by atoms with Gasteiger partial charge in [0.05, 0.1) is 24.3 Å². The average Bonchev–Trinajstić information content (AvgIpc) is 2.15. The first kappa shape index (κ1) is 10.4. The summed E-state index contributed by atoms with van der Waals surface area (Å²) >= 11 is 0. The van der Waals surface area contributed by atoms with Crippen molar-refractivity contribution in [2.24, 2.45) is 0 Å². The summed E-state index contributed by atoms with van der Waals surface area (Å²) < 4.78 is 41.6. The second-order valence-corrected chi connectivity index (χ2v) is 2.52. The van der Waals surface area contributed by atoms with Crippen LogP contribution in [-0.4, -0.2) is 7.11 Å². The largest absolute Gasteiger partial charge is 0.496 e. The third kappa shape index (κ3) is 1.96. The molecule has 1 aromatic carbocycles. The van der Waals surface area contributed by atoms with E-state index in [2.05, 4.69) is 4.74 Å². The van der Waals surface area contributed by atoms with Crippen LogP contribution in [0.25, 0.3) is 0 Å². The average molecular weight is 201 g/mol. The van der Waals surface area contributed by atoms with E-state index < -0.39 is 11.7 Å². The van der Waals surface area contributed by atoms with E-state index in [4.69, 9.17) is 5.26 Å².